The molecule has 0 aromatic heterocycles. The van der Waals surface area contributed by atoms with Crippen molar-refractivity contribution in [2.45, 2.75) is 32.7 Å². The zero-order valence-corrected chi connectivity index (χ0v) is 9.60. The van der Waals surface area contributed by atoms with E-state index in [0.717, 1.165) is 6.42 Å². The maximum Gasteiger partial charge on any atom is 0.151 e. The zero-order valence-electron chi connectivity index (χ0n) is 8.78. The van der Waals surface area contributed by atoms with Crippen LogP contribution in [0.3, 0.4) is 0 Å². The van der Waals surface area contributed by atoms with Crippen LogP contribution < -0.4 is 5.32 Å². The summed E-state index contributed by atoms with van der Waals surface area (Å²) in [5.41, 5.74) is 0. The molecule has 0 rings (SSSR count). The van der Waals surface area contributed by atoms with Crippen molar-refractivity contribution < 1.29 is 8.42 Å². The SMILES string of the molecule is CCC(CC#N)NCCS(=O)(=O)CC. The molecule has 0 bridgehead atoms. The van der Waals surface area contributed by atoms with E-state index in [-0.39, 0.29) is 17.5 Å². The van der Waals surface area contributed by atoms with Crippen LogP contribution in [0.1, 0.15) is 26.7 Å². The summed E-state index contributed by atoms with van der Waals surface area (Å²) < 4.78 is 22.2. The summed E-state index contributed by atoms with van der Waals surface area (Å²) in [5.74, 6) is 0.342. The van der Waals surface area contributed by atoms with Gasteiger partial charge in [-0.1, -0.05) is 13.8 Å². The molecule has 0 aromatic rings. The summed E-state index contributed by atoms with van der Waals surface area (Å²) >= 11 is 0. The molecule has 0 aliphatic rings. The third kappa shape index (κ3) is 5.95. The molecule has 5 heteroatoms. The van der Waals surface area contributed by atoms with Crippen molar-refractivity contribution in [2.24, 2.45) is 0 Å². The molecule has 0 radical (unpaired) electrons. The summed E-state index contributed by atoms with van der Waals surface area (Å²) in [6.45, 7) is 4.06. The number of hydrogen-bond donors (Lipinski definition) is 1. The predicted molar refractivity (Wildman–Crippen MR) is 56.6 cm³/mol. The van der Waals surface area contributed by atoms with Gasteiger partial charge in [0, 0.05) is 18.3 Å². The first kappa shape index (κ1) is 13.4. The van der Waals surface area contributed by atoms with Crippen LogP contribution >= 0.6 is 0 Å². The second-order valence-electron chi connectivity index (χ2n) is 3.16. The third-order valence-corrected chi connectivity index (χ3v) is 3.82. The minimum Gasteiger partial charge on any atom is -0.312 e. The van der Waals surface area contributed by atoms with Gasteiger partial charge in [-0.05, 0) is 6.42 Å². The lowest BCUT2D eigenvalue weighted by Crippen LogP contribution is -2.32. The number of rotatable bonds is 7. The van der Waals surface area contributed by atoms with E-state index in [1.165, 1.54) is 0 Å². The predicted octanol–water partition coefficient (Wildman–Crippen LogP) is 0.703. The van der Waals surface area contributed by atoms with Gasteiger partial charge in [0.25, 0.3) is 0 Å². The van der Waals surface area contributed by atoms with E-state index < -0.39 is 9.84 Å². The first-order chi connectivity index (χ1) is 6.55. The Morgan fingerprint density at radius 2 is 2.07 bits per heavy atom. The van der Waals surface area contributed by atoms with Gasteiger partial charge in [-0.25, -0.2) is 8.42 Å². The second kappa shape index (κ2) is 6.80. The normalized spacial score (nSPS) is 13.5. The Kier molecular flexibility index (Phi) is 6.50. The van der Waals surface area contributed by atoms with Crippen LogP contribution in [0, 0.1) is 11.3 Å². The van der Waals surface area contributed by atoms with Gasteiger partial charge in [0.15, 0.2) is 9.84 Å². The van der Waals surface area contributed by atoms with Gasteiger partial charge >= 0.3 is 0 Å². The molecule has 0 saturated carbocycles. The van der Waals surface area contributed by atoms with Crippen molar-refractivity contribution in [3.8, 4) is 6.07 Å². The van der Waals surface area contributed by atoms with Gasteiger partial charge in [-0.15, -0.1) is 0 Å². The van der Waals surface area contributed by atoms with Crippen LogP contribution in [0.25, 0.3) is 0 Å². The van der Waals surface area contributed by atoms with Crippen molar-refractivity contribution in [1.82, 2.24) is 5.32 Å². The lowest BCUT2D eigenvalue weighted by Gasteiger charge is -2.12. The van der Waals surface area contributed by atoms with Gasteiger partial charge in [0.1, 0.15) is 0 Å². The van der Waals surface area contributed by atoms with Gasteiger partial charge in [-0.3, -0.25) is 0 Å². The molecule has 0 heterocycles. The fraction of sp³-hybridized carbons (Fsp3) is 0.889. The van der Waals surface area contributed by atoms with Crippen molar-refractivity contribution in [2.75, 3.05) is 18.1 Å². The van der Waals surface area contributed by atoms with Gasteiger partial charge in [-0.2, -0.15) is 5.26 Å². The maximum absolute atomic E-state index is 11.1. The highest BCUT2D eigenvalue weighted by molar-refractivity contribution is 7.91. The van der Waals surface area contributed by atoms with Gasteiger partial charge in [0.05, 0.1) is 18.2 Å². The van der Waals surface area contributed by atoms with Crippen molar-refractivity contribution in [3.63, 3.8) is 0 Å². The third-order valence-electron chi connectivity index (χ3n) is 2.12. The topological polar surface area (TPSA) is 70.0 Å². The molecular weight excluding hydrogens is 200 g/mol. The summed E-state index contributed by atoms with van der Waals surface area (Å²) in [6, 6.07) is 2.19. The first-order valence-electron chi connectivity index (χ1n) is 4.86. The van der Waals surface area contributed by atoms with E-state index in [0.29, 0.717) is 13.0 Å². The fourth-order valence-corrected chi connectivity index (χ4v) is 1.75. The van der Waals surface area contributed by atoms with Crippen molar-refractivity contribution in [3.05, 3.63) is 0 Å². The second-order valence-corrected chi connectivity index (χ2v) is 5.63. The Balaban J connectivity index is 3.78. The minimum atomic E-state index is -2.88. The van der Waals surface area contributed by atoms with Crippen LogP contribution in [0.4, 0.5) is 0 Å². The average molecular weight is 218 g/mol. The van der Waals surface area contributed by atoms with Crippen LogP contribution in [-0.4, -0.2) is 32.5 Å². The quantitative estimate of drug-likeness (QED) is 0.683. The molecule has 0 fully saturated rings. The molecule has 4 nitrogen and oxygen atoms in total. The van der Waals surface area contributed by atoms with Crippen molar-refractivity contribution in [1.29, 1.82) is 5.26 Å². The Bertz CT molecular complexity index is 280. The Labute approximate surface area is 86.2 Å². The average Bonchev–Trinajstić information content (AvgIpc) is 2.16. The van der Waals surface area contributed by atoms with Crippen molar-refractivity contribution >= 4 is 9.84 Å². The highest BCUT2D eigenvalue weighted by Crippen LogP contribution is 1.96. The van der Waals surface area contributed by atoms with E-state index in [1.54, 1.807) is 6.92 Å². The van der Waals surface area contributed by atoms with Crippen LogP contribution in [0.2, 0.25) is 0 Å². The van der Waals surface area contributed by atoms with E-state index in [2.05, 4.69) is 11.4 Å². The Morgan fingerprint density at radius 1 is 1.43 bits per heavy atom. The summed E-state index contributed by atoms with van der Waals surface area (Å²) in [7, 11) is -2.88. The first-order valence-corrected chi connectivity index (χ1v) is 6.68. The largest absolute Gasteiger partial charge is 0.312 e. The molecule has 82 valence electrons. The lowest BCUT2D eigenvalue weighted by molar-refractivity contribution is 0.518. The molecular formula is C9H18N2O2S. The molecule has 0 aromatic carbocycles. The molecule has 0 aliphatic carbocycles. The molecule has 0 amide bonds. The van der Waals surface area contributed by atoms with E-state index >= 15 is 0 Å². The van der Waals surface area contributed by atoms with Crippen LogP contribution in [0.15, 0.2) is 0 Å². The standard InChI is InChI=1S/C9H18N2O2S/c1-3-9(5-6-10)11-7-8-14(12,13)4-2/h9,11H,3-5,7-8H2,1-2H3. The highest BCUT2D eigenvalue weighted by atomic mass is 32.2. The Morgan fingerprint density at radius 3 is 2.50 bits per heavy atom. The molecule has 1 atom stereocenters. The van der Waals surface area contributed by atoms with E-state index in [1.807, 2.05) is 6.92 Å². The number of sulfone groups is 1. The highest BCUT2D eigenvalue weighted by Gasteiger charge is 2.09. The maximum atomic E-state index is 11.1. The summed E-state index contributed by atoms with van der Waals surface area (Å²) in [6.07, 6.45) is 1.28. The number of hydrogen-bond acceptors (Lipinski definition) is 4. The molecule has 0 spiro atoms. The summed E-state index contributed by atoms with van der Waals surface area (Å²) in [4.78, 5) is 0. The number of nitriles is 1. The molecule has 0 aliphatic heterocycles. The molecule has 14 heavy (non-hydrogen) atoms. The monoisotopic (exact) mass is 218 g/mol. The van der Waals surface area contributed by atoms with Gasteiger partial charge in [0.2, 0.25) is 0 Å². The summed E-state index contributed by atoms with van der Waals surface area (Å²) in [5, 5.41) is 11.5. The smallest absolute Gasteiger partial charge is 0.151 e. The number of nitrogens with one attached hydrogen (secondary N) is 1. The molecule has 1 N–H and O–H groups in total. The molecule has 0 saturated heterocycles. The minimum absolute atomic E-state index is 0.118. The number of nitrogens with zero attached hydrogens (tertiary/aromatic N) is 1. The fourth-order valence-electron chi connectivity index (χ4n) is 1.03. The van der Waals surface area contributed by atoms with Crippen LogP contribution in [-0.2, 0) is 9.84 Å². The van der Waals surface area contributed by atoms with E-state index in [9.17, 15) is 8.42 Å². The van der Waals surface area contributed by atoms with Crippen LogP contribution in [0.5, 0.6) is 0 Å². The zero-order chi connectivity index (χ0) is 11.0. The van der Waals surface area contributed by atoms with E-state index in [4.69, 9.17) is 5.26 Å². The molecule has 1 unspecified atom stereocenters. The van der Waals surface area contributed by atoms with Gasteiger partial charge < -0.3 is 5.32 Å². The lowest BCUT2D eigenvalue weighted by atomic mass is 10.2. The Hall–Kier alpha value is -0.600.